The van der Waals surface area contributed by atoms with E-state index in [1.807, 2.05) is 0 Å². The molecule has 0 saturated heterocycles. The van der Waals surface area contributed by atoms with E-state index in [4.69, 9.17) is 5.73 Å². The number of halogens is 2. The van der Waals surface area contributed by atoms with Crippen LogP contribution in [0.3, 0.4) is 0 Å². The smallest absolute Gasteiger partial charge is 0.159 e. The van der Waals surface area contributed by atoms with Crippen molar-refractivity contribution in [3.8, 4) is 0 Å². The molecule has 1 aromatic carbocycles. The number of hydrogen-bond acceptors (Lipinski definition) is 2. The lowest BCUT2D eigenvalue weighted by Crippen LogP contribution is -2.54. The quantitative estimate of drug-likeness (QED) is 0.864. The SMILES string of the molecule is CCCN(Cc1ccc(F)c(F)c1)C1(CN)CCCCC1. The van der Waals surface area contributed by atoms with Crippen LogP contribution in [0.4, 0.5) is 8.78 Å². The fraction of sp³-hybridized carbons (Fsp3) is 0.647. The molecule has 1 aromatic rings. The van der Waals surface area contributed by atoms with Crippen molar-refractivity contribution in [3.63, 3.8) is 0 Å². The molecule has 21 heavy (non-hydrogen) atoms. The summed E-state index contributed by atoms with van der Waals surface area (Å²) in [6, 6.07) is 4.20. The first-order chi connectivity index (χ1) is 10.1. The third-order valence-corrected chi connectivity index (χ3v) is 4.69. The molecule has 0 heterocycles. The number of nitrogens with two attached hydrogens (primary N) is 1. The first-order valence-corrected chi connectivity index (χ1v) is 8.00. The van der Waals surface area contributed by atoms with E-state index in [0.717, 1.165) is 31.4 Å². The average molecular weight is 296 g/mol. The van der Waals surface area contributed by atoms with Crippen LogP contribution in [0, 0.1) is 11.6 Å². The van der Waals surface area contributed by atoms with Gasteiger partial charge in [-0.15, -0.1) is 0 Å². The maximum atomic E-state index is 13.4. The first-order valence-electron chi connectivity index (χ1n) is 8.00. The molecule has 2 rings (SSSR count). The Hall–Kier alpha value is -1.00. The van der Waals surface area contributed by atoms with Crippen molar-refractivity contribution in [1.82, 2.24) is 4.90 Å². The van der Waals surface area contributed by atoms with E-state index < -0.39 is 11.6 Å². The van der Waals surface area contributed by atoms with Crippen LogP contribution in [0.2, 0.25) is 0 Å². The van der Waals surface area contributed by atoms with Gasteiger partial charge in [-0.25, -0.2) is 8.78 Å². The zero-order valence-electron chi connectivity index (χ0n) is 12.9. The number of benzene rings is 1. The maximum Gasteiger partial charge on any atom is 0.159 e. The van der Waals surface area contributed by atoms with Crippen LogP contribution in [-0.4, -0.2) is 23.5 Å². The Morgan fingerprint density at radius 1 is 1.14 bits per heavy atom. The maximum absolute atomic E-state index is 13.4. The summed E-state index contributed by atoms with van der Waals surface area (Å²) in [7, 11) is 0. The molecular weight excluding hydrogens is 270 g/mol. The molecule has 0 aromatic heterocycles. The van der Waals surface area contributed by atoms with Gasteiger partial charge in [-0.3, -0.25) is 4.90 Å². The highest BCUT2D eigenvalue weighted by Gasteiger charge is 2.36. The molecular formula is C17H26F2N2. The van der Waals surface area contributed by atoms with Gasteiger partial charge >= 0.3 is 0 Å². The van der Waals surface area contributed by atoms with E-state index in [1.165, 1.54) is 31.4 Å². The summed E-state index contributed by atoms with van der Waals surface area (Å²) in [6.07, 6.45) is 6.92. The summed E-state index contributed by atoms with van der Waals surface area (Å²) in [4.78, 5) is 2.39. The van der Waals surface area contributed by atoms with Crippen LogP contribution in [0.15, 0.2) is 18.2 Å². The second-order valence-corrected chi connectivity index (χ2v) is 6.16. The number of rotatable bonds is 6. The summed E-state index contributed by atoms with van der Waals surface area (Å²) in [5.74, 6) is -1.55. The molecule has 1 fully saturated rings. The van der Waals surface area contributed by atoms with E-state index in [1.54, 1.807) is 6.07 Å². The summed E-state index contributed by atoms with van der Waals surface area (Å²) in [6.45, 7) is 4.36. The minimum Gasteiger partial charge on any atom is -0.329 e. The summed E-state index contributed by atoms with van der Waals surface area (Å²) >= 11 is 0. The molecule has 0 amide bonds. The van der Waals surface area contributed by atoms with E-state index in [-0.39, 0.29) is 5.54 Å². The zero-order valence-corrected chi connectivity index (χ0v) is 12.9. The highest BCUT2D eigenvalue weighted by atomic mass is 19.2. The molecule has 1 saturated carbocycles. The predicted molar refractivity (Wildman–Crippen MR) is 81.9 cm³/mol. The van der Waals surface area contributed by atoms with Gasteiger partial charge in [0.05, 0.1) is 0 Å². The van der Waals surface area contributed by atoms with Crippen LogP contribution >= 0.6 is 0 Å². The minimum atomic E-state index is -0.785. The average Bonchev–Trinajstić information content (AvgIpc) is 2.51. The second-order valence-electron chi connectivity index (χ2n) is 6.16. The Labute approximate surface area is 126 Å². The van der Waals surface area contributed by atoms with Gasteiger partial charge in [-0.1, -0.05) is 32.3 Å². The lowest BCUT2D eigenvalue weighted by molar-refractivity contribution is 0.0494. The van der Waals surface area contributed by atoms with Crippen LogP contribution in [0.1, 0.15) is 51.0 Å². The largest absolute Gasteiger partial charge is 0.329 e. The van der Waals surface area contributed by atoms with E-state index in [9.17, 15) is 8.78 Å². The Morgan fingerprint density at radius 3 is 2.43 bits per heavy atom. The van der Waals surface area contributed by atoms with Gasteiger partial charge in [0.2, 0.25) is 0 Å². The van der Waals surface area contributed by atoms with Crippen molar-refractivity contribution in [3.05, 3.63) is 35.4 Å². The van der Waals surface area contributed by atoms with Gasteiger partial charge in [0.15, 0.2) is 11.6 Å². The Kier molecular flexibility index (Phi) is 5.71. The molecule has 4 heteroatoms. The van der Waals surface area contributed by atoms with Gasteiger partial charge in [0.25, 0.3) is 0 Å². The van der Waals surface area contributed by atoms with E-state index >= 15 is 0 Å². The molecule has 0 spiro atoms. The molecule has 1 aliphatic carbocycles. The standard InChI is InChI=1S/C17H26F2N2/c1-2-10-21(17(13-20)8-4-3-5-9-17)12-14-6-7-15(18)16(19)11-14/h6-7,11H,2-5,8-10,12-13,20H2,1H3. The fourth-order valence-electron chi connectivity index (χ4n) is 3.47. The molecule has 0 atom stereocenters. The highest BCUT2D eigenvalue weighted by Crippen LogP contribution is 2.34. The molecule has 2 nitrogen and oxygen atoms in total. The van der Waals surface area contributed by atoms with E-state index in [0.29, 0.717) is 13.1 Å². The van der Waals surface area contributed by atoms with Gasteiger partial charge in [0, 0.05) is 18.6 Å². The predicted octanol–water partition coefficient (Wildman–Crippen LogP) is 3.84. The summed E-state index contributed by atoms with van der Waals surface area (Å²) in [5, 5.41) is 0. The third kappa shape index (κ3) is 3.80. The van der Waals surface area contributed by atoms with Crippen molar-refractivity contribution >= 4 is 0 Å². The minimum absolute atomic E-state index is 0.0269. The van der Waals surface area contributed by atoms with Crippen molar-refractivity contribution in [1.29, 1.82) is 0 Å². The topological polar surface area (TPSA) is 29.3 Å². The normalized spacial score (nSPS) is 18.1. The summed E-state index contributed by atoms with van der Waals surface area (Å²) in [5.41, 5.74) is 6.95. The Balaban J connectivity index is 2.18. The van der Waals surface area contributed by atoms with Crippen molar-refractivity contribution in [2.24, 2.45) is 5.73 Å². The van der Waals surface area contributed by atoms with Crippen LogP contribution < -0.4 is 5.73 Å². The molecule has 0 unspecified atom stereocenters. The van der Waals surface area contributed by atoms with Gasteiger partial charge in [-0.05, 0) is 43.5 Å². The highest BCUT2D eigenvalue weighted by molar-refractivity contribution is 5.18. The van der Waals surface area contributed by atoms with Crippen LogP contribution in [0.5, 0.6) is 0 Å². The van der Waals surface area contributed by atoms with Gasteiger partial charge in [0.1, 0.15) is 0 Å². The van der Waals surface area contributed by atoms with Crippen molar-refractivity contribution in [2.75, 3.05) is 13.1 Å². The lowest BCUT2D eigenvalue weighted by atomic mass is 9.80. The van der Waals surface area contributed by atoms with Crippen LogP contribution in [-0.2, 0) is 6.54 Å². The second kappa shape index (κ2) is 7.32. The molecule has 1 aliphatic rings. The van der Waals surface area contributed by atoms with Gasteiger partial charge < -0.3 is 5.73 Å². The molecule has 0 radical (unpaired) electrons. The van der Waals surface area contributed by atoms with Gasteiger partial charge in [-0.2, -0.15) is 0 Å². The van der Waals surface area contributed by atoms with E-state index in [2.05, 4.69) is 11.8 Å². The molecule has 0 aliphatic heterocycles. The molecule has 0 bridgehead atoms. The zero-order chi connectivity index (χ0) is 15.3. The van der Waals surface area contributed by atoms with Crippen LogP contribution in [0.25, 0.3) is 0 Å². The molecule has 118 valence electrons. The van der Waals surface area contributed by atoms with Crippen molar-refractivity contribution < 1.29 is 8.78 Å². The summed E-state index contributed by atoms with van der Waals surface area (Å²) < 4.78 is 26.5. The fourth-order valence-corrected chi connectivity index (χ4v) is 3.47. The number of nitrogens with zero attached hydrogens (tertiary/aromatic N) is 1. The molecule has 2 N–H and O–H groups in total. The lowest BCUT2D eigenvalue weighted by Gasteiger charge is -2.46. The Bertz CT molecular complexity index is 456. The number of hydrogen-bond donors (Lipinski definition) is 1. The first kappa shape index (κ1) is 16.4. The third-order valence-electron chi connectivity index (χ3n) is 4.69. The monoisotopic (exact) mass is 296 g/mol. The van der Waals surface area contributed by atoms with Crippen molar-refractivity contribution in [2.45, 2.75) is 57.5 Å². The Morgan fingerprint density at radius 2 is 1.86 bits per heavy atom.